The Balaban J connectivity index is 1.98. The zero-order chi connectivity index (χ0) is 14.2. The van der Waals surface area contributed by atoms with E-state index in [-0.39, 0.29) is 0 Å². The number of aromatic nitrogens is 2. The minimum Gasteiger partial charge on any atom is -0.496 e. The molecule has 2 N–H and O–H groups in total. The first-order valence-electron chi connectivity index (χ1n) is 6.17. The molecule has 1 aromatic heterocycles. The highest BCUT2D eigenvalue weighted by atomic mass is 35.5. The molecular formula is C13H14ClN3O3. The first-order valence-corrected chi connectivity index (χ1v) is 6.55. The number of halogens is 1. The maximum Gasteiger partial charge on any atom is 0.249 e. The van der Waals surface area contributed by atoms with Gasteiger partial charge in [-0.1, -0.05) is 16.8 Å². The highest BCUT2D eigenvalue weighted by Crippen LogP contribution is 2.33. The molecule has 1 aromatic carbocycles. The van der Waals surface area contributed by atoms with E-state index in [1.807, 2.05) is 0 Å². The van der Waals surface area contributed by atoms with Crippen LogP contribution in [0.4, 0.5) is 0 Å². The van der Waals surface area contributed by atoms with Gasteiger partial charge >= 0.3 is 0 Å². The number of nitrogens with zero attached hydrogens (tertiary/aromatic N) is 2. The van der Waals surface area contributed by atoms with E-state index in [9.17, 15) is 0 Å². The Labute approximate surface area is 120 Å². The molecule has 0 spiro atoms. The van der Waals surface area contributed by atoms with Crippen molar-refractivity contribution in [2.45, 2.75) is 12.0 Å². The van der Waals surface area contributed by atoms with Gasteiger partial charge in [0.25, 0.3) is 0 Å². The number of hydrogen-bond donors (Lipinski definition) is 1. The van der Waals surface area contributed by atoms with Gasteiger partial charge < -0.3 is 19.7 Å². The van der Waals surface area contributed by atoms with Crippen LogP contribution in [0, 0.1) is 0 Å². The average molecular weight is 296 g/mol. The van der Waals surface area contributed by atoms with Gasteiger partial charge in [0.1, 0.15) is 11.3 Å². The van der Waals surface area contributed by atoms with Gasteiger partial charge in [-0.15, -0.1) is 0 Å². The zero-order valence-corrected chi connectivity index (χ0v) is 11.7. The van der Waals surface area contributed by atoms with E-state index in [0.29, 0.717) is 47.7 Å². The second-order valence-electron chi connectivity index (χ2n) is 4.73. The Morgan fingerprint density at radius 1 is 1.45 bits per heavy atom. The fraction of sp³-hybridized carbons (Fsp3) is 0.385. The van der Waals surface area contributed by atoms with Gasteiger partial charge in [-0.2, -0.15) is 4.98 Å². The molecule has 1 fully saturated rings. The monoisotopic (exact) mass is 295 g/mol. The summed E-state index contributed by atoms with van der Waals surface area (Å²) in [6, 6.07) is 5.22. The molecular weight excluding hydrogens is 282 g/mol. The Bertz CT molecular complexity index is 623. The van der Waals surface area contributed by atoms with Crippen molar-refractivity contribution < 1.29 is 14.0 Å². The lowest BCUT2D eigenvalue weighted by molar-refractivity contribution is 0.166. The maximum absolute atomic E-state index is 6.19. The molecule has 7 heteroatoms. The molecule has 2 heterocycles. The first-order chi connectivity index (χ1) is 9.62. The van der Waals surface area contributed by atoms with Crippen LogP contribution in [0.25, 0.3) is 11.4 Å². The predicted molar refractivity (Wildman–Crippen MR) is 72.6 cm³/mol. The van der Waals surface area contributed by atoms with Gasteiger partial charge in [-0.3, -0.25) is 0 Å². The molecule has 2 aromatic rings. The van der Waals surface area contributed by atoms with Crippen molar-refractivity contribution in [1.82, 2.24) is 10.1 Å². The fourth-order valence-corrected chi connectivity index (χ4v) is 2.30. The summed E-state index contributed by atoms with van der Waals surface area (Å²) in [6.07, 6.45) is 0.659. The smallest absolute Gasteiger partial charge is 0.249 e. The van der Waals surface area contributed by atoms with Crippen molar-refractivity contribution in [2.75, 3.05) is 20.3 Å². The van der Waals surface area contributed by atoms with Gasteiger partial charge in [0, 0.05) is 11.6 Å². The van der Waals surface area contributed by atoms with Crippen LogP contribution in [0.1, 0.15) is 12.3 Å². The van der Waals surface area contributed by atoms with Crippen LogP contribution >= 0.6 is 11.6 Å². The first kappa shape index (κ1) is 13.4. The molecule has 1 unspecified atom stereocenters. The summed E-state index contributed by atoms with van der Waals surface area (Å²) in [5, 5.41) is 4.55. The zero-order valence-electron chi connectivity index (χ0n) is 10.9. The molecule has 1 aliphatic heterocycles. The molecule has 106 valence electrons. The second kappa shape index (κ2) is 5.05. The topological polar surface area (TPSA) is 83.4 Å². The second-order valence-corrected chi connectivity index (χ2v) is 5.16. The number of nitrogens with two attached hydrogens (primary N) is 1. The van der Waals surface area contributed by atoms with E-state index >= 15 is 0 Å². The molecule has 0 saturated carbocycles. The van der Waals surface area contributed by atoms with Crippen LogP contribution < -0.4 is 10.5 Å². The van der Waals surface area contributed by atoms with Crippen LogP contribution in [-0.4, -0.2) is 30.5 Å². The summed E-state index contributed by atoms with van der Waals surface area (Å²) in [5.41, 5.74) is 6.19. The fourth-order valence-electron chi connectivity index (χ4n) is 2.13. The van der Waals surface area contributed by atoms with Gasteiger partial charge in [0.15, 0.2) is 0 Å². The Hall–Kier alpha value is -1.63. The van der Waals surface area contributed by atoms with Crippen LogP contribution in [0.3, 0.4) is 0 Å². The van der Waals surface area contributed by atoms with Crippen molar-refractivity contribution in [3.63, 3.8) is 0 Å². The maximum atomic E-state index is 6.19. The standard InChI is InChI=1S/C13H14ClN3O3/c1-18-10-6-8(14)2-3-9(10)11-16-12(20-17-11)13(15)4-5-19-7-13/h2-3,6H,4-5,7,15H2,1H3. The summed E-state index contributed by atoms with van der Waals surface area (Å²) >= 11 is 5.93. The van der Waals surface area contributed by atoms with Gasteiger partial charge in [-0.25, -0.2) is 0 Å². The molecule has 3 rings (SSSR count). The van der Waals surface area contributed by atoms with E-state index in [2.05, 4.69) is 10.1 Å². The quantitative estimate of drug-likeness (QED) is 0.932. The number of rotatable bonds is 3. The number of methoxy groups -OCH3 is 1. The van der Waals surface area contributed by atoms with Crippen molar-refractivity contribution in [3.05, 3.63) is 29.1 Å². The molecule has 1 saturated heterocycles. The van der Waals surface area contributed by atoms with Gasteiger partial charge in [0.2, 0.25) is 11.7 Å². The highest BCUT2D eigenvalue weighted by molar-refractivity contribution is 6.30. The van der Waals surface area contributed by atoms with E-state index in [0.717, 1.165) is 0 Å². The summed E-state index contributed by atoms with van der Waals surface area (Å²) in [4.78, 5) is 4.37. The molecule has 0 bridgehead atoms. The Morgan fingerprint density at radius 3 is 3.00 bits per heavy atom. The van der Waals surface area contributed by atoms with E-state index in [4.69, 9.17) is 31.3 Å². The lowest BCUT2D eigenvalue weighted by Gasteiger charge is -2.15. The predicted octanol–water partition coefficient (Wildman–Crippen LogP) is 1.97. The lowest BCUT2D eigenvalue weighted by atomic mass is 10.0. The Kier molecular flexibility index (Phi) is 3.37. The molecule has 1 atom stereocenters. The van der Waals surface area contributed by atoms with Crippen LogP contribution in [0.2, 0.25) is 5.02 Å². The molecule has 0 amide bonds. The minimum atomic E-state index is -0.703. The summed E-state index contributed by atoms with van der Waals surface area (Å²) < 4.78 is 15.9. The van der Waals surface area contributed by atoms with Crippen LogP contribution in [0.15, 0.2) is 22.7 Å². The van der Waals surface area contributed by atoms with E-state index in [1.165, 1.54) is 0 Å². The van der Waals surface area contributed by atoms with E-state index in [1.54, 1.807) is 25.3 Å². The third kappa shape index (κ3) is 2.26. The number of benzene rings is 1. The number of hydrogen-bond acceptors (Lipinski definition) is 6. The third-order valence-electron chi connectivity index (χ3n) is 3.31. The van der Waals surface area contributed by atoms with Crippen molar-refractivity contribution in [1.29, 1.82) is 0 Å². The average Bonchev–Trinajstić information content (AvgIpc) is 3.08. The largest absolute Gasteiger partial charge is 0.496 e. The molecule has 20 heavy (non-hydrogen) atoms. The normalized spacial score (nSPS) is 22.1. The Morgan fingerprint density at radius 2 is 2.30 bits per heavy atom. The molecule has 1 aliphatic rings. The summed E-state index contributed by atoms with van der Waals surface area (Å²) in [6.45, 7) is 0.977. The molecule has 6 nitrogen and oxygen atoms in total. The van der Waals surface area contributed by atoms with Crippen LogP contribution in [0.5, 0.6) is 5.75 Å². The molecule has 0 aliphatic carbocycles. The summed E-state index contributed by atoms with van der Waals surface area (Å²) in [5.74, 6) is 1.38. The molecule has 0 radical (unpaired) electrons. The minimum absolute atomic E-state index is 0.377. The van der Waals surface area contributed by atoms with Crippen molar-refractivity contribution >= 4 is 11.6 Å². The van der Waals surface area contributed by atoms with E-state index < -0.39 is 5.54 Å². The highest BCUT2D eigenvalue weighted by Gasteiger charge is 2.38. The van der Waals surface area contributed by atoms with Gasteiger partial charge in [-0.05, 0) is 24.6 Å². The van der Waals surface area contributed by atoms with Crippen molar-refractivity contribution in [3.8, 4) is 17.1 Å². The summed E-state index contributed by atoms with van der Waals surface area (Å²) in [7, 11) is 1.56. The lowest BCUT2D eigenvalue weighted by Crippen LogP contribution is -2.37. The van der Waals surface area contributed by atoms with Gasteiger partial charge in [0.05, 0.1) is 19.3 Å². The van der Waals surface area contributed by atoms with Crippen LogP contribution in [-0.2, 0) is 10.3 Å². The van der Waals surface area contributed by atoms with Crippen molar-refractivity contribution in [2.24, 2.45) is 5.73 Å². The third-order valence-corrected chi connectivity index (χ3v) is 3.54. The SMILES string of the molecule is COc1cc(Cl)ccc1-c1noc(C2(N)CCOC2)n1. The number of ether oxygens (including phenoxy) is 2.